The van der Waals surface area contributed by atoms with Crippen molar-refractivity contribution in [3.63, 3.8) is 0 Å². The molecular weight excluding hydrogens is 167 g/mol. The van der Waals surface area contributed by atoms with Gasteiger partial charge in [-0.1, -0.05) is 50.0 Å². The summed E-state index contributed by atoms with van der Waals surface area (Å²) in [6.45, 7) is 2.25. The SMILES string of the molecule is CCCCCCCCCC[PH+]=O. The maximum absolute atomic E-state index is 10.1. The first-order valence-corrected chi connectivity index (χ1v) is 6.38. The molecule has 0 aliphatic rings. The Balaban J connectivity index is 2.77. The Morgan fingerprint density at radius 2 is 1.33 bits per heavy atom. The van der Waals surface area contributed by atoms with E-state index in [9.17, 15) is 4.57 Å². The van der Waals surface area contributed by atoms with E-state index in [-0.39, 0.29) is 8.46 Å². The van der Waals surface area contributed by atoms with Crippen LogP contribution in [0.15, 0.2) is 0 Å². The van der Waals surface area contributed by atoms with E-state index in [0.29, 0.717) is 0 Å². The molecule has 1 atom stereocenters. The van der Waals surface area contributed by atoms with E-state index in [4.69, 9.17) is 0 Å². The van der Waals surface area contributed by atoms with E-state index < -0.39 is 0 Å². The molecule has 0 N–H and O–H groups in total. The molecule has 72 valence electrons. The molecular formula is C10H22OP+. The highest BCUT2D eigenvalue weighted by molar-refractivity contribution is 7.23. The molecule has 0 bridgehead atoms. The summed E-state index contributed by atoms with van der Waals surface area (Å²) in [5, 5.41) is 0. The molecule has 0 spiro atoms. The van der Waals surface area contributed by atoms with Gasteiger partial charge in [0, 0.05) is 0 Å². The first-order chi connectivity index (χ1) is 5.91. The van der Waals surface area contributed by atoms with E-state index in [1.807, 2.05) is 0 Å². The van der Waals surface area contributed by atoms with E-state index in [1.165, 1.54) is 44.9 Å². The second-order valence-corrected chi connectivity index (χ2v) is 4.16. The van der Waals surface area contributed by atoms with Crippen molar-refractivity contribution >= 4 is 8.46 Å². The Labute approximate surface area is 78.1 Å². The van der Waals surface area contributed by atoms with Gasteiger partial charge >= 0.3 is 8.46 Å². The highest BCUT2D eigenvalue weighted by Crippen LogP contribution is 2.09. The third kappa shape index (κ3) is 10.1. The lowest BCUT2D eigenvalue weighted by molar-refractivity contribution is 0.578. The van der Waals surface area contributed by atoms with Crippen LogP contribution in [0.1, 0.15) is 58.3 Å². The fraction of sp³-hybridized carbons (Fsp3) is 1.00. The molecule has 0 saturated carbocycles. The molecule has 0 aliphatic heterocycles. The van der Waals surface area contributed by atoms with Gasteiger partial charge in [0.25, 0.3) is 0 Å². The Morgan fingerprint density at radius 1 is 0.833 bits per heavy atom. The van der Waals surface area contributed by atoms with Gasteiger partial charge in [-0.2, -0.15) is 0 Å². The lowest BCUT2D eigenvalue weighted by Gasteiger charge is -1.97. The predicted molar refractivity (Wildman–Crippen MR) is 56.5 cm³/mol. The van der Waals surface area contributed by atoms with Crippen molar-refractivity contribution in [1.29, 1.82) is 0 Å². The van der Waals surface area contributed by atoms with E-state index in [2.05, 4.69) is 6.92 Å². The van der Waals surface area contributed by atoms with Gasteiger partial charge < -0.3 is 0 Å². The molecule has 0 saturated heterocycles. The van der Waals surface area contributed by atoms with Crippen LogP contribution in [-0.2, 0) is 4.57 Å². The van der Waals surface area contributed by atoms with Gasteiger partial charge in [0.15, 0.2) is 0 Å². The quantitative estimate of drug-likeness (QED) is 0.393. The molecule has 0 heterocycles. The van der Waals surface area contributed by atoms with Crippen molar-refractivity contribution in [3.8, 4) is 0 Å². The molecule has 0 fully saturated rings. The van der Waals surface area contributed by atoms with E-state index >= 15 is 0 Å². The van der Waals surface area contributed by atoms with Crippen molar-refractivity contribution in [1.82, 2.24) is 0 Å². The monoisotopic (exact) mass is 189 g/mol. The molecule has 1 unspecified atom stereocenters. The second-order valence-electron chi connectivity index (χ2n) is 3.37. The second kappa shape index (κ2) is 11.1. The smallest absolute Gasteiger partial charge is 0.0775 e. The molecule has 0 rings (SSSR count). The average Bonchev–Trinajstić information content (AvgIpc) is 2.10. The van der Waals surface area contributed by atoms with Gasteiger partial charge in [0.1, 0.15) is 6.16 Å². The van der Waals surface area contributed by atoms with Gasteiger partial charge in [0.2, 0.25) is 0 Å². The molecule has 0 aromatic rings. The third-order valence-corrected chi connectivity index (χ3v) is 2.69. The number of rotatable bonds is 9. The molecule has 0 aromatic carbocycles. The lowest BCUT2D eigenvalue weighted by atomic mass is 10.1. The minimum atomic E-state index is -0.0800. The molecule has 1 nitrogen and oxygen atoms in total. The van der Waals surface area contributed by atoms with Crippen LogP contribution in [0.25, 0.3) is 0 Å². The number of unbranched alkanes of at least 4 members (excludes halogenated alkanes) is 7. The van der Waals surface area contributed by atoms with Gasteiger partial charge in [0.05, 0.1) is 0 Å². The zero-order valence-electron chi connectivity index (χ0n) is 8.27. The van der Waals surface area contributed by atoms with Crippen LogP contribution in [0.4, 0.5) is 0 Å². The van der Waals surface area contributed by atoms with Crippen molar-refractivity contribution in [2.24, 2.45) is 0 Å². The highest BCUT2D eigenvalue weighted by Gasteiger charge is 1.93. The van der Waals surface area contributed by atoms with Crippen LogP contribution in [0.2, 0.25) is 0 Å². The molecule has 0 radical (unpaired) electrons. The van der Waals surface area contributed by atoms with Crippen LogP contribution in [0.3, 0.4) is 0 Å². The van der Waals surface area contributed by atoms with Crippen LogP contribution >= 0.6 is 8.46 Å². The van der Waals surface area contributed by atoms with Crippen molar-refractivity contribution in [3.05, 3.63) is 0 Å². The largest absolute Gasteiger partial charge is 0.324 e. The maximum atomic E-state index is 10.1. The zero-order valence-corrected chi connectivity index (χ0v) is 9.27. The lowest BCUT2D eigenvalue weighted by Crippen LogP contribution is -1.80. The molecule has 0 aromatic heterocycles. The summed E-state index contributed by atoms with van der Waals surface area (Å²) in [5.41, 5.74) is 0. The first kappa shape index (κ1) is 12.1. The van der Waals surface area contributed by atoms with Gasteiger partial charge in [-0.05, 0) is 12.8 Å². The average molecular weight is 189 g/mol. The number of hydrogen-bond acceptors (Lipinski definition) is 1. The standard InChI is InChI=1S/C10H21OP/c1-2-3-4-5-6-7-8-9-10-12-11/h2-10H2,1H3/p+1. The molecule has 2 heteroatoms. The highest BCUT2D eigenvalue weighted by atomic mass is 31.1. The van der Waals surface area contributed by atoms with Gasteiger partial charge in [-0.3, -0.25) is 0 Å². The minimum absolute atomic E-state index is 0.0800. The number of hydrogen-bond donors (Lipinski definition) is 0. The molecule has 0 aliphatic carbocycles. The topological polar surface area (TPSA) is 17.1 Å². The summed E-state index contributed by atoms with van der Waals surface area (Å²) in [6.07, 6.45) is 11.6. The summed E-state index contributed by atoms with van der Waals surface area (Å²) in [4.78, 5) is 0. The summed E-state index contributed by atoms with van der Waals surface area (Å²) in [6, 6.07) is 0. The summed E-state index contributed by atoms with van der Waals surface area (Å²) in [5.74, 6) is 0. The third-order valence-electron chi connectivity index (χ3n) is 2.13. The Kier molecular flexibility index (Phi) is 11.2. The predicted octanol–water partition coefficient (Wildman–Crippen LogP) is 4.15. The zero-order chi connectivity index (χ0) is 9.07. The minimum Gasteiger partial charge on any atom is -0.0775 e. The fourth-order valence-electron chi connectivity index (χ4n) is 1.33. The van der Waals surface area contributed by atoms with Crippen LogP contribution in [0, 0.1) is 0 Å². The summed E-state index contributed by atoms with van der Waals surface area (Å²) < 4.78 is 10.1. The van der Waals surface area contributed by atoms with Crippen molar-refractivity contribution < 1.29 is 4.57 Å². The molecule has 0 amide bonds. The fourth-order valence-corrected chi connectivity index (χ4v) is 1.73. The Hall–Kier alpha value is 0.100. The van der Waals surface area contributed by atoms with E-state index in [0.717, 1.165) is 12.6 Å². The summed E-state index contributed by atoms with van der Waals surface area (Å²) in [7, 11) is -0.0800. The van der Waals surface area contributed by atoms with Crippen LogP contribution < -0.4 is 0 Å². The molecule has 12 heavy (non-hydrogen) atoms. The van der Waals surface area contributed by atoms with E-state index in [1.54, 1.807) is 0 Å². The maximum Gasteiger partial charge on any atom is 0.324 e. The van der Waals surface area contributed by atoms with Gasteiger partial charge in [-0.25, -0.2) is 0 Å². The summed E-state index contributed by atoms with van der Waals surface area (Å²) >= 11 is 0. The van der Waals surface area contributed by atoms with Crippen LogP contribution in [0.5, 0.6) is 0 Å². The Bertz CT molecular complexity index is 93.8. The van der Waals surface area contributed by atoms with Crippen LogP contribution in [-0.4, -0.2) is 6.16 Å². The van der Waals surface area contributed by atoms with Gasteiger partial charge in [-0.15, -0.1) is 0 Å². The normalized spacial score (nSPS) is 10.8. The van der Waals surface area contributed by atoms with Crippen molar-refractivity contribution in [2.75, 3.05) is 6.16 Å². The first-order valence-electron chi connectivity index (χ1n) is 5.26. The Morgan fingerprint density at radius 3 is 1.83 bits per heavy atom. The van der Waals surface area contributed by atoms with Crippen molar-refractivity contribution in [2.45, 2.75) is 58.3 Å².